The first-order valence-electron chi connectivity index (χ1n) is 3.30. The number of carbonyl (C=O) groups excluding carboxylic acids is 1. The standard InChI is InChI=1S/C7H10O4/c1-4(8)7(11)3-2-5(9)6(7)10/h2-4,6,8,10-11H,1H3/t4-,6-,7+/m0/s1. The lowest BCUT2D eigenvalue weighted by Crippen LogP contribution is -2.49. The van der Waals surface area contributed by atoms with Gasteiger partial charge in [-0.25, -0.2) is 0 Å². The number of rotatable bonds is 1. The number of hydrogen-bond donors (Lipinski definition) is 3. The molecular weight excluding hydrogens is 148 g/mol. The Balaban J connectivity index is 2.90. The highest BCUT2D eigenvalue weighted by Gasteiger charge is 2.45. The average Bonchev–Trinajstić information content (AvgIpc) is 2.18. The first-order chi connectivity index (χ1) is 4.98. The monoisotopic (exact) mass is 158 g/mol. The highest BCUT2D eigenvalue weighted by atomic mass is 16.4. The minimum atomic E-state index is -1.79. The van der Waals surface area contributed by atoms with Gasteiger partial charge in [0.05, 0.1) is 6.10 Å². The zero-order chi connectivity index (χ0) is 8.65. The third-order valence-electron chi connectivity index (χ3n) is 1.89. The summed E-state index contributed by atoms with van der Waals surface area (Å²) in [6.45, 7) is 1.31. The van der Waals surface area contributed by atoms with Gasteiger partial charge in [0.2, 0.25) is 0 Å². The first-order valence-corrected chi connectivity index (χ1v) is 3.30. The van der Waals surface area contributed by atoms with E-state index in [0.717, 1.165) is 12.2 Å². The van der Waals surface area contributed by atoms with Gasteiger partial charge in [0.15, 0.2) is 11.9 Å². The number of ketones is 1. The zero-order valence-electron chi connectivity index (χ0n) is 6.06. The van der Waals surface area contributed by atoms with Crippen LogP contribution in [0.2, 0.25) is 0 Å². The molecular formula is C7H10O4. The van der Waals surface area contributed by atoms with Gasteiger partial charge in [-0.3, -0.25) is 4.79 Å². The molecule has 0 aromatic rings. The SMILES string of the molecule is C[C@H](O)[C@]1(O)C=CC(=O)[C@@H]1O. The van der Waals surface area contributed by atoms with Gasteiger partial charge in [-0.2, -0.15) is 0 Å². The van der Waals surface area contributed by atoms with Crippen molar-refractivity contribution in [2.24, 2.45) is 0 Å². The van der Waals surface area contributed by atoms with Crippen molar-refractivity contribution in [3.8, 4) is 0 Å². The number of hydrogen-bond acceptors (Lipinski definition) is 4. The second-order valence-electron chi connectivity index (χ2n) is 2.70. The Morgan fingerprint density at radius 2 is 2.27 bits per heavy atom. The van der Waals surface area contributed by atoms with E-state index in [2.05, 4.69) is 0 Å². The molecule has 3 atom stereocenters. The maximum Gasteiger partial charge on any atom is 0.187 e. The van der Waals surface area contributed by atoms with Gasteiger partial charge in [-0.1, -0.05) is 0 Å². The molecule has 62 valence electrons. The van der Waals surface area contributed by atoms with Crippen LogP contribution < -0.4 is 0 Å². The molecule has 0 saturated heterocycles. The van der Waals surface area contributed by atoms with Crippen molar-refractivity contribution < 1.29 is 20.1 Å². The van der Waals surface area contributed by atoms with Crippen LogP contribution in [0.5, 0.6) is 0 Å². The Labute approximate surface area is 63.8 Å². The van der Waals surface area contributed by atoms with Crippen LogP contribution in [0.4, 0.5) is 0 Å². The highest BCUT2D eigenvalue weighted by Crippen LogP contribution is 2.24. The van der Waals surface area contributed by atoms with E-state index in [0.29, 0.717) is 0 Å². The van der Waals surface area contributed by atoms with Crippen LogP contribution >= 0.6 is 0 Å². The molecule has 0 saturated carbocycles. The summed E-state index contributed by atoms with van der Waals surface area (Å²) in [6.07, 6.45) is -0.495. The minimum Gasteiger partial charge on any atom is -0.390 e. The number of carbonyl (C=O) groups is 1. The number of aliphatic hydroxyl groups is 3. The van der Waals surface area contributed by atoms with Crippen LogP contribution in [0.15, 0.2) is 12.2 Å². The molecule has 0 aromatic carbocycles. The van der Waals surface area contributed by atoms with Gasteiger partial charge in [0.1, 0.15) is 5.60 Å². The maximum atomic E-state index is 10.7. The predicted molar refractivity (Wildman–Crippen MR) is 36.8 cm³/mol. The van der Waals surface area contributed by atoms with Gasteiger partial charge >= 0.3 is 0 Å². The van der Waals surface area contributed by atoms with E-state index in [1.807, 2.05) is 0 Å². The molecule has 0 heterocycles. The Bertz CT molecular complexity index is 208. The van der Waals surface area contributed by atoms with Crippen LogP contribution in [0.3, 0.4) is 0 Å². The summed E-state index contributed by atoms with van der Waals surface area (Å²) in [6, 6.07) is 0. The van der Waals surface area contributed by atoms with Crippen molar-refractivity contribution in [3.05, 3.63) is 12.2 Å². The molecule has 1 aliphatic carbocycles. The average molecular weight is 158 g/mol. The normalized spacial score (nSPS) is 39.6. The fraction of sp³-hybridized carbons (Fsp3) is 0.571. The van der Waals surface area contributed by atoms with E-state index >= 15 is 0 Å². The molecule has 0 aliphatic heterocycles. The molecule has 0 radical (unpaired) electrons. The lowest BCUT2D eigenvalue weighted by molar-refractivity contribution is -0.140. The summed E-state index contributed by atoms with van der Waals surface area (Å²) in [5.41, 5.74) is -1.79. The second kappa shape index (κ2) is 2.41. The van der Waals surface area contributed by atoms with Crippen molar-refractivity contribution in [2.45, 2.75) is 24.7 Å². The van der Waals surface area contributed by atoms with Crippen molar-refractivity contribution in [2.75, 3.05) is 0 Å². The van der Waals surface area contributed by atoms with Crippen LogP contribution in [-0.4, -0.2) is 38.9 Å². The molecule has 0 bridgehead atoms. The highest BCUT2D eigenvalue weighted by molar-refractivity contribution is 5.97. The Morgan fingerprint density at radius 3 is 2.45 bits per heavy atom. The summed E-state index contributed by atoms with van der Waals surface area (Å²) in [5, 5.41) is 27.5. The molecule has 1 rings (SSSR count). The molecule has 0 unspecified atom stereocenters. The molecule has 0 aromatic heterocycles. The summed E-state index contributed by atoms with van der Waals surface area (Å²) in [7, 11) is 0. The molecule has 4 nitrogen and oxygen atoms in total. The fourth-order valence-corrected chi connectivity index (χ4v) is 0.994. The second-order valence-corrected chi connectivity index (χ2v) is 2.70. The number of aliphatic hydroxyl groups excluding tert-OH is 2. The Morgan fingerprint density at radius 1 is 1.73 bits per heavy atom. The Hall–Kier alpha value is -0.710. The van der Waals surface area contributed by atoms with Crippen LogP contribution in [0, 0.1) is 0 Å². The van der Waals surface area contributed by atoms with Crippen molar-refractivity contribution in [1.82, 2.24) is 0 Å². The topological polar surface area (TPSA) is 77.8 Å². The fourth-order valence-electron chi connectivity index (χ4n) is 0.994. The third kappa shape index (κ3) is 1.09. The summed E-state index contributed by atoms with van der Waals surface area (Å²) < 4.78 is 0. The van der Waals surface area contributed by atoms with Gasteiger partial charge in [0, 0.05) is 0 Å². The van der Waals surface area contributed by atoms with Crippen LogP contribution in [0.1, 0.15) is 6.92 Å². The molecule has 0 fully saturated rings. The van der Waals surface area contributed by atoms with E-state index in [4.69, 9.17) is 10.2 Å². The molecule has 11 heavy (non-hydrogen) atoms. The van der Waals surface area contributed by atoms with E-state index in [1.165, 1.54) is 6.92 Å². The van der Waals surface area contributed by atoms with Crippen molar-refractivity contribution in [1.29, 1.82) is 0 Å². The maximum absolute atomic E-state index is 10.7. The van der Waals surface area contributed by atoms with Gasteiger partial charge < -0.3 is 15.3 Å². The minimum absolute atomic E-state index is 0.576. The first kappa shape index (κ1) is 8.39. The van der Waals surface area contributed by atoms with Gasteiger partial charge in [0.25, 0.3) is 0 Å². The summed E-state index contributed by atoms with van der Waals surface area (Å²) in [4.78, 5) is 10.7. The zero-order valence-corrected chi connectivity index (χ0v) is 6.06. The summed E-state index contributed by atoms with van der Waals surface area (Å²) >= 11 is 0. The van der Waals surface area contributed by atoms with E-state index in [9.17, 15) is 9.90 Å². The van der Waals surface area contributed by atoms with Crippen LogP contribution in [0.25, 0.3) is 0 Å². The van der Waals surface area contributed by atoms with E-state index < -0.39 is 23.6 Å². The van der Waals surface area contributed by atoms with E-state index in [-0.39, 0.29) is 0 Å². The molecule has 0 spiro atoms. The summed E-state index contributed by atoms with van der Waals surface area (Å²) in [5.74, 6) is -0.576. The molecule has 0 amide bonds. The smallest absolute Gasteiger partial charge is 0.187 e. The van der Waals surface area contributed by atoms with Gasteiger partial charge in [-0.05, 0) is 19.1 Å². The predicted octanol–water partition coefficient (Wildman–Crippen LogP) is -1.40. The molecule has 3 N–H and O–H groups in total. The lowest BCUT2D eigenvalue weighted by atomic mass is 9.94. The molecule has 4 heteroatoms. The van der Waals surface area contributed by atoms with E-state index in [1.54, 1.807) is 0 Å². The quantitative estimate of drug-likeness (QED) is 0.438. The van der Waals surface area contributed by atoms with Gasteiger partial charge in [-0.15, -0.1) is 0 Å². The van der Waals surface area contributed by atoms with Crippen molar-refractivity contribution in [3.63, 3.8) is 0 Å². The van der Waals surface area contributed by atoms with Crippen molar-refractivity contribution >= 4 is 5.78 Å². The third-order valence-corrected chi connectivity index (χ3v) is 1.89. The Kier molecular flexibility index (Phi) is 1.83. The molecule has 1 aliphatic rings. The van der Waals surface area contributed by atoms with Crippen LogP contribution in [-0.2, 0) is 4.79 Å². The lowest BCUT2D eigenvalue weighted by Gasteiger charge is -2.26. The largest absolute Gasteiger partial charge is 0.390 e.